The topological polar surface area (TPSA) is 27.7 Å². The van der Waals surface area contributed by atoms with Crippen LogP contribution in [0.25, 0.3) is 0 Å². The molecule has 0 N–H and O–H groups in total. The van der Waals surface area contributed by atoms with Gasteiger partial charge in [-0.1, -0.05) is 50.3 Å². The summed E-state index contributed by atoms with van der Waals surface area (Å²) in [5.41, 5.74) is -0.696. The Morgan fingerprint density at radius 2 is 1.90 bits per heavy atom. The Labute approximate surface area is 176 Å². The van der Waals surface area contributed by atoms with E-state index in [0.717, 1.165) is 11.0 Å². The molecule has 0 aromatic rings. The summed E-state index contributed by atoms with van der Waals surface area (Å²) >= 11 is 1.69. The molecule has 0 aliphatic heterocycles. The van der Waals surface area contributed by atoms with Crippen LogP contribution in [0.5, 0.6) is 0 Å². The minimum atomic E-state index is -4.30. The zero-order valence-electron chi connectivity index (χ0n) is 17.5. The number of hydrogen-bond acceptors (Lipinski definition) is 4. The van der Waals surface area contributed by atoms with Gasteiger partial charge in [-0.15, -0.1) is 11.8 Å². The normalized spacial score (nSPS) is 24.9. The fourth-order valence-corrected chi connectivity index (χ4v) is 4.33. The number of hydrogen-bond donors (Lipinski definition) is 0. The zero-order chi connectivity index (χ0) is 21.5. The van der Waals surface area contributed by atoms with E-state index in [1.165, 1.54) is 12.2 Å². The smallest absolute Gasteiger partial charge is 0.375 e. The summed E-state index contributed by atoms with van der Waals surface area (Å²) < 4.78 is 55.4. The first kappa shape index (κ1) is 24.3. The number of ether oxygens (including phenoxy) is 3. The summed E-state index contributed by atoms with van der Waals surface area (Å²) in [7, 11) is 0. The SMILES string of the molecule is CCOC(COC1C=CC(C(F)(F)F)=CC1)CSC1=CC(C)(C)C(OCC)C=C1. The highest BCUT2D eigenvalue weighted by atomic mass is 32.2. The molecule has 29 heavy (non-hydrogen) atoms. The lowest BCUT2D eigenvalue weighted by molar-refractivity contribution is -0.0893. The van der Waals surface area contributed by atoms with Crippen molar-refractivity contribution in [3.8, 4) is 0 Å². The van der Waals surface area contributed by atoms with E-state index < -0.39 is 11.7 Å². The van der Waals surface area contributed by atoms with Gasteiger partial charge in [0.25, 0.3) is 0 Å². The van der Waals surface area contributed by atoms with Crippen molar-refractivity contribution < 1.29 is 27.4 Å². The second-order valence-corrected chi connectivity index (χ2v) is 8.71. The van der Waals surface area contributed by atoms with Gasteiger partial charge in [-0.2, -0.15) is 13.2 Å². The maximum absolute atomic E-state index is 12.7. The molecule has 0 spiro atoms. The van der Waals surface area contributed by atoms with Crippen molar-refractivity contribution in [2.24, 2.45) is 5.41 Å². The molecule has 7 heteroatoms. The first-order valence-electron chi connectivity index (χ1n) is 10.00. The van der Waals surface area contributed by atoms with Crippen LogP contribution in [0.1, 0.15) is 34.1 Å². The van der Waals surface area contributed by atoms with E-state index in [1.807, 2.05) is 13.8 Å². The van der Waals surface area contributed by atoms with E-state index in [0.29, 0.717) is 25.6 Å². The maximum atomic E-state index is 12.7. The molecular weight excluding hydrogens is 401 g/mol. The van der Waals surface area contributed by atoms with Crippen molar-refractivity contribution in [2.45, 2.75) is 58.6 Å². The number of halogens is 3. The molecule has 0 bridgehead atoms. The Balaban J connectivity index is 1.83. The van der Waals surface area contributed by atoms with Crippen LogP contribution in [0, 0.1) is 5.41 Å². The Morgan fingerprint density at radius 3 is 2.45 bits per heavy atom. The van der Waals surface area contributed by atoms with E-state index in [4.69, 9.17) is 14.2 Å². The lowest BCUT2D eigenvalue weighted by Gasteiger charge is -2.32. The quantitative estimate of drug-likeness (QED) is 0.433. The van der Waals surface area contributed by atoms with Gasteiger partial charge in [0.1, 0.15) is 0 Å². The second-order valence-electron chi connectivity index (χ2n) is 7.62. The summed E-state index contributed by atoms with van der Waals surface area (Å²) in [5, 5.41) is 0. The Bertz CT molecular complexity index is 650. The largest absolute Gasteiger partial charge is 0.416 e. The third-order valence-corrected chi connectivity index (χ3v) is 5.88. The van der Waals surface area contributed by atoms with E-state index in [9.17, 15) is 13.2 Å². The van der Waals surface area contributed by atoms with Gasteiger partial charge in [0.2, 0.25) is 0 Å². The van der Waals surface area contributed by atoms with Crippen molar-refractivity contribution in [3.05, 3.63) is 46.9 Å². The number of allylic oxidation sites excluding steroid dienone is 3. The summed E-state index contributed by atoms with van der Waals surface area (Å²) in [6.07, 6.45) is 5.63. The second kappa shape index (κ2) is 10.8. The average molecular weight is 433 g/mol. The molecule has 164 valence electrons. The van der Waals surface area contributed by atoms with Gasteiger partial charge in [-0.25, -0.2) is 0 Å². The van der Waals surface area contributed by atoms with Crippen molar-refractivity contribution in [1.82, 2.24) is 0 Å². The highest BCUT2D eigenvalue weighted by Crippen LogP contribution is 2.36. The van der Waals surface area contributed by atoms with Crippen LogP contribution < -0.4 is 0 Å². The molecular formula is C22H31F3O3S. The van der Waals surface area contributed by atoms with Gasteiger partial charge in [0.05, 0.1) is 30.5 Å². The van der Waals surface area contributed by atoms with Crippen LogP contribution in [-0.2, 0) is 14.2 Å². The monoisotopic (exact) mass is 432 g/mol. The number of alkyl halides is 3. The highest BCUT2D eigenvalue weighted by molar-refractivity contribution is 8.03. The summed E-state index contributed by atoms with van der Waals surface area (Å²) in [4.78, 5) is 1.16. The molecule has 0 heterocycles. The Morgan fingerprint density at radius 1 is 1.14 bits per heavy atom. The lowest BCUT2D eigenvalue weighted by atomic mass is 9.83. The average Bonchev–Trinajstić information content (AvgIpc) is 2.65. The summed E-state index contributed by atoms with van der Waals surface area (Å²) in [6.45, 7) is 9.79. The zero-order valence-corrected chi connectivity index (χ0v) is 18.3. The predicted octanol–water partition coefficient (Wildman–Crippen LogP) is 5.84. The van der Waals surface area contributed by atoms with Gasteiger partial charge >= 0.3 is 6.18 Å². The van der Waals surface area contributed by atoms with E-state index in [2.05, 4.69) is 32.1 Å². The minimum absolute atomic E-state index is 0.0654. The van der Waals surface area contributed by atoms with Crippen LogP contribution in [0.15, 0.2) is 46.9 Å². The van der Waals surface area contributed by atoms with Crippen LogP contribution in [0.3, 0.4) is 0 Å². The van der Waals surface area contributed by atoms with E-state index in [1.54, 1.807) is 11.8 Å². The molecule has 2 aliphatic rings. The minimum Gasteiger partial charge on any atom is -0.375 e. The van der Waals surface area contributed by atoms with E-state index in [-0.39, 0.29) is 30.1 Å². The number of thioether (sulfide) groups is 1. The number of rotatable bonds is 10. The first-order valence-corrected chi connectivity index (χ1v) is 11.0. The molecule has 0 aromatic carbocycles. The molecule has 0 fully saturated rings. The molecule has 0 aromatic heterocycles. The molecule has 2 aliphatic carbocycles. The van der Waals surface area contributed by atoms with Crippen LogP contribution in [0.4, 0.5) is 13.2 Å². The molecule has 3 unspecified atom stereocenters. The lowest BCUT2D eigenvalue weighted by Crippen LogP contribution is -2.31. The van der Waals surface area contributed by atoms with Crippen molar-refractivity contribution in [2.75, 3.05) is 25.6 Å². The highest BCUT2D eigenvalue weighted by Gasteiger charge is 2.33. The summed E-state index contributed by atoms with van der Waals surface area (Å²) in [5.74, 6) is 0.708. The van der Waals surface area contributed by atoms with Crippen molar-refractivity contribution in [1.29, 1.82) is 0 Å². The van der Waals surface area contributed by atoms with Crippen LogP contribution in [0.2, 0.25) is 0 Å². The van der Waals surface area contributed by atoms with Crippen molar-refractivity contribution >= 4 is 11.8 Å². The third-order valence-electron chi connectivity index (χ3n) is 4.75. The first-order chi connectivity index (χ1) is 13.7. The molecule has 0 radical (unpaired) electrons. The molecule has 3 nitrogen and oxygen atoms in total. The molecule has 2 rings (SSSR count). The van der Waals surface area contributed by atoms with Crippen LogP contribution >= 0.6 is 11.8 Å². The summed E-state index contributed by atoms with van der Waals surface area (Å²) in [6, 6.07) is 0. The maximum Gasteiger partial charge on any atom is 0.416 e. The fraction of sp³-hybridized carbons (Fsp3) is 0.636. The van der Waals surface area contributed by atoms with Gasteiger partial charge in [0.15, 0.2) is 0 Å². The van der Waals surface area contributed by atoms with Gasteiger partial charge in [-0.05, 0) is 20.3 Å². The molecule has 0 amide bonds. The van der Waals surface area contributed by atoms with Gasteiger partial charge in [-0.3, -0.25) is 0 Å². The fourth-order valence-electron chi connectivity index (χ4n) is 3.20. The van der Waals surface area contributed by atoms with Gasteiger partial charge < -0.3 is 14.2 Å². The molecule has 0 saturated heterocycles. The Hall–Kier alpha value is -1.02. The standard InChI is InChI=1S/C22H31F3O3S/c1-5-26-18(14-28-17-9-7-16(8-10-17)22(23,24)25)15-29-19-11-12-20(27-6-2)21(3,4)13-19/h7-9,11-13,17-18,20H,5-6,10,14-15H2,1-4H3. The van der Waals surface area contributed by atoms with E-state index >= 15 is 0 Å². The molecule has 3 atom stereocenters. The predicted molar refractivity (Wildman–Crippen MR) is 112 cm³/mol. The third kappa shape index (κ3) is 7.63. The van der Waals surface area contributed by atoms with Crippen molar-refractivity contribution in [3.63, 3.8) is 0 Å². The van der Waals surface area contributed by atoms with Crippen LogP contribution in [-0.4, -0.2) is 50.1 Å². The van der Waals surface area contributed by atoms with Gasteiger partial charge in [0, 0.05) is 29.3 Å². The molecule has 0 saturated carbocycles. The Kier molecular flexibility index (Phi) is 9.07.